The van der Waals surface area contributed by atoms with Gasteiger partial charge in [0.2, 0.25) is 0 Å². The smallest absolute Gasteiger partial charge is 0.390 e. The number of alkyl halides is 4. The third kappa shape index (κ3) is 5.17. The maximum atomic E-state index is 12.2. The number of hydrogen-bond donors (Lipinski definition) is 2. The molecular weight excluding hydrogens is 333 g/mol. The average molecular weight is 345 g/mol. The van der Waals surface area contributed by atoms with Crippen LogP contribution in [0.4, 0.5) is 13.2 Å². The van der Waals surface area contributed by atoms with Gasteiger partial charge < -0.3 is 10.2 Å². The lowest BCUT2D eigenvalue weighted by Gasteiger charge is -2.18. The Hall–Kier alpha value is -0.240. The van der Waals surface area contributed by atoms with Gasteiger partial charge in [-0.2, -0.15) is 13.2 Å². The third-order valence-corrected chi connectivity index (χ3v) is 3.38. The highest BCUT2D eigenvalue weighted by Gasteiger charge is 2.29. The molecule has 0 aliphatic heterocycles. The molecule has 0 spiro atoms. The fourth-order valence-electron chi connectivity index (χ4n) is 1.39. The van der Waals surface area contributed by atoms with Crippen LogP contribution in [0.2, 0.25) is 0 Å². The predicted molar refractivity (Wildman–Crippen MR) is 67.7 cm³/mol. The zero-order valence-corrected chi connectivity index (χ0v) is 11.6. The number of rotatable bonds is 5. The Labute approximate surface area is 115 Å². The molecule has 0 fully saturated rings. The maximum Gasteiger partial charge on any atom is 0.446 e. The number of aliphatic hydroxyl groups excluding tert-OH is 2. The van der Waals surface area contributed by atoms with Crippen molar-refractivity contribution in [3.63, 3.8) is 0 Å². The third-order valence-electron chi connectivity index (χ3n) is 2.20. The molecule has 0 radical (unpaired) electrons. The molecule has 0 saturated heterocycles. The highest BCUT2D eigenvalue weighted by Crippen LogP contribution is 2.37. The summed E-state index contributed by atoms with van der Waals surface area (Å²) in [6.45, 7) is 0. The minimum absolute atomic E-state index is 0.00917. The van der Waals surface area contributed by atoms with Gasteiger partial charge in [0.05, 0.1) is 6.10 Å². The lowest BCUT2D eigenvalue weighted by Crippen LogP contribution is -2.18. The molecule has 18 heavy (non-hydrogen) atoms. The van der Waals surface area contributed by atoms with Crippen molar-refractivity contribution in [2.45, 2.75) is 29.0 Å². The Kier molecular flexibility index (Phi) is 5.97. The van der Waals surface area contributed by atoms with E-state index < -0.39 is 17.7 Å². The lowest BCUT2D eigenvalue weighted by atomic mass is 10.0. The van der Waals surface area contributed by atoms with Crippen molar-refractivity contribution in [1.29, 1.82) is 0 Å². The molecule has 1 rings (SSSR count). The van der Waals surface area contributed by atoms with Crippen molar-refractivity contribution in [2.75, 3.05) is 5.33 Å². The molecule has 0 bridgehead atoms. The Morgan fingerprint density at radius 2 is 1.94 bits per heavy atom. The van der Waals surface area contributed by atoms with E-state index in [0.717, 1.165) is 0 Å². The second kappa shape index (κ2) is 6.79. The van der Waals surface area contributed by atoms with Crippen LogP contribution >= 0.6 is 27.7 Å². The highest BCUT2D eigenvalue weighted by atomic mass is 79.9. The molecule has 102 valence electrons. The van der Waals surface area contributed by atoms with Crippen molar-refractivity contribution < 1.29 is 23.4 Å². The number of benzene rings is 1. The molecule has 2 unspecified atom stereocenters. The highest BCUT2D eigenvalue weighted by molar-refractivity contribution is 9.09. The van der Waals surface area contributed by atoms with Crippen molar-refractivity contribution >= 4 is 27.7 Å². The van der Waals surface area contributed by atoms with Gasteiger partial charge in [0, 0.05) is 10.2 Å². The van der Waals surface area contributed by atoms with Crippen molar-refractivity contribution in [2.24, 2.45) is 0 Å². The predicted octanol–water partition coefficient (Wildman–Crippen LogP) is 3.48. The van der Waals surface area contributed by atoms with E-state index in [1.54, 1.807) is 0 Å². The van der Waals surface area contributed by atoms with Gasteiger partial charge >= 0.3 is 5.51 Å². The molecule has 1 aromatic rings. The molecule has 0 amide bonds. The molecule has 7 heteroatoms. The number of halogens is 4. The van der Waals surface area contributed by atoms with Crippen LogP contribution in [0.1, 0.15) is 18.1 Å². The van der Waals surface area contributed by atoms with Gasteiger partial charge in [0.25, 0.3) is 0 Å². The largest absolute Gasteiger partial charge is 0.446 e. The van der Waals surface area contributed by atoms with Crippen LogP contribution < -0.4 is 0 Å². The van der Waals surface area contributed by atoms with E-state index in [0.29, 0.717) is 11.8 Å². The van der Waals surface area contributed by atoms with E-state index in [1.165, 1.54) is 24.3 Å². The first-order valence-corrected chi connectivity index (χ1v) is 7.05. The molecule has 2 nitrogen and oxygen atoms in total. The summed E-state index contributed by atoms with van der Waals surface area (Å²) in [6, 6.07) is 5.46. The summed E-state index contributed by atoms with van der Waals surface area (Å²) in [5, 5.41) is 19.9. The molecule has 0 heterocycles. The first-order chi connectivity index (χ1) is 8.33. The Balaban J connectivity index is 2.81. The van der Waals surface area contributed by atoms with Gasteiger partial charge in [-0.15, -0.1) is 0 Å². The molecule has 0 aromatic heterocycles. The molecule has 2 N–H and O–H groups in total. The van der Waals surface area contributed by atoms with Crippen molar-refractivity contribution in [3.8, 4) is 0 Å². The second-order valence-electron chi connectivity index (χ2n) is 3.61. The second-order valence-corrected chi connectivity index (χ2v) is 5.54. The summed E-state index contributed by atoms with van der Waals surface area (Å²) < 4.78 is 36.6. The van der Waals surface area contributed by atoms with Gasteiger partial charge in [-0.05, 0) is 35.9 Å². The zero-order chi connectivity index (χ0) is 13.8. The van der Waals surface area contributed by atoms with Crippen LogP contribution in [0.25, 0.3) is 0 Å². The Morgan fingerprint density at radius 1 is 1.28 bits per heavy atom. The number of hydrogen-bond acceptors (Lipinski definition) is 3. The summed E-state index contributed by atoms with van der Waals surface area (Å²) >= 11 is 2.88. The zero-order valence-electron chi connectivity index (χ0n) is 9.19. The average Bonchev–Trinajstić information content (AvgIpc) is 2.26. The van der Waals surface area contributed by atoms with Crippen LogP contribution in [0, 0.1) is 0 Å². The van der Waals surface area contributed by atoms with Gasteiger partial charge in [-0.25, -0.2) is 0 Å². The SMILES string of the molecule is OC(CCBr)C(O)c1cccc(SC(F)(F)F)c1. The number of aliphatic hydroxyl groups is 2. The van der Waals surface area contributed by atoms with Crippen LogP contribution in [-0.4, -0.2) is 27.2 Å². The monoisotopic (exact) mass is 344 g/mol. The van der Waals surface area contributed by atoms with E-state index in [2.05, 4.69) is 15.9 Å². The van der Waals surface area contributed by atoms with E-state index in [-0.39, 0.29) is 22.2 Å². The van der Waals surface area contributed by atoms with Crippen LogP contribution in [0.15, 0.2) is 29.2 Å². The van der Waals surface area contributed by atoms with Gasteiger partial charge in [-0.1, -0.05) is 28.1 Å². The minimum atomic E-state index is -4.36. The van der Waals surface area contributed by atoms with Gasteiger partial charge in [-0.3, -0.25) is 0 Å². The topological polar surface area (TPSA) is 40.5 Å². The first kappa shape index (κ1) is 15.8. The Bertz CT molecular complexity index is 387. The lowest BCUT2D eigenvalue weighted by molar-refractivity contribution is -0.0328. The standard InChI is InChI=1S/C11H12BrF3O2S/c12-5-4-9(16)10(17)7-2-1-3-8(6-7)18-11(13,14)15/h1-3,6,9-10,16-17H,4-5H2. The quantitative estimate of drug-likeness (QED) is 0.634. The van der Waals surface area contributed by atoms with Crippen LogP contribution in [0.3, 0.4) is 0 Å². The van der Waals surface area contributed by atoms with Gasteiger partial charge in [0.1, 0.15) is 6.10 Å². The van der Waals surface area contributed by atoms with Crippen LogP contribution in [0.5, 0.6) is 0 Å². The Morgan fingerprint density at radius 3 is 2.50 bits per heavy atom. The summed E-state index contributed by atoms with van der Waals surface area (Å²) in [4.78, 5) is -0.00917. The fraction of sp³-hybridized carbons (Fsp3) is 0.455. The van der Waals surface area contributed by atoms with Gasteiger partial charge in [0.15, 0.2) is 0 Å². The van der Waals surface area contributed by atoms with Crippen molar-refractivity contribution in [1.82, 2.24) is 0 Å². The van der Waals surface area contributed by atoms with E-state index in [1.807, 2.05) is 0 Å². The van der Waals surface area contributed by atoms with E-state index in [4.69, 9.17) is 0 Å². The molecule has 0 aliphatic rings. The summed E-state index contributed by atoms with van der Waals surface area (Å²) in [5.74, 6) is 0. The van der Waals surface area contributed by atoms with Crippen LogP contribution in [-0.2, 0) is 0 Å². The minimum Gasteiger partial charge on any atom is -0.390 e. The van der Waals surface area contributed by atoms with Crippen molar-refractivity contribution in [3.05, 3.63) is 29.8 Å². The molecule has 2 atom stereocenters. The first-order valence-electron chi connectivity index (χ1n) is 5.11. The molecule has 0 aliphatic carbocycles. The molecule has 0 saturated carbocycles. The maximum absolute atomic E-state index is 12.2. The summed E-state index contributed by atoms with van der Waals surface area (Å²) in [6.07, 6.45) is -1.87. The fourth-order valence-corrected chi connectivity index (χ4v) is 2.47. The van der Waals surface area contributed by atoms with E-state index in [9.17, 15) is 23.4 Å². The summed E-state index contributed by atoms with van der Waals surface area (Å²) in [5.41, 5.74) is -4.09. The normalized spacial score (nSPS) is 15.4. The molecular formula is C11H12BrF3O2S. The molecule has 1 aromatic carbocycles. The van der Waals surface area contributed by atoms with E-state index >= 15 is 0 Å². The summed E-state index contributed by atoms with van der Waals surface area (Å²) in [7, 11) is 0. The number of thioether (sulfide) groups is 1.